The number of hydrogen-bond donors (Lipinski definition) is 0. The van der Waals surface area contributed by atoms with Gasteiger partial charge in [0.25, 0.3) is 0 Å². The van der Waals surface area contributed by atoms with Gasteiger partial charge in [0.15, 0.2) is 5.78 Å². The molecule has 0 aromatic heterocycles. The molecule has 21 heavy (non-hydrogen) atoms. The van der Waals surface area contributed by atoms with E-state index in [9.17, 15) is 13.2 Å². The maximum Gasteiger partial charge on any atom is 0.234 e. The molecule has 0 spiro atoms. The first kappa shape index (κ1) is 17.2. The molecular weight excluding hydrogens is 288 g/mol. The fourth-order valence-electron chi connectivity index (χ4n) is 1.72. The number of hydrogen-bond acceptors (Lipinski definition) is 4. The first-order chi connectivity index (χ1) is 9.77. The van der Waals surface area contributed by atoms with Crippen LogP contribution in [0.15, 0.2) is 36.5 Å². The molecule has 0 aliphatic carbocycles. The predicted octanol–water partition coefficient (Wildman–Crippen LogP) is 2.12. The van der Waals surface area contributed by atoms with Crippen LogP contribution in [0, 0.1) is 0 Å². The molecule has 0 aliphatic rings. The van der Waals surface area contributed by atoms with Crippen LogP contribution in [0.5, 0.6) is 0 Å². The van der Waals surface area contributed by atoms with Gasteiger partial charge in [-0.3, -0.25) is 9.10 Å². The highest BCUT2D eigenvalue weighted by molar-refractivity contribution is 7.92. The molecule has 0 radical (unpaired) electrons. The SMILES string of the molecule is CCCS(=O)(=O)N(C)c1cccc(C(=O)C=CN(C)C)c1. The molecule has 0 amide bonds. The van der Waals surface area contributed by atoms with Gasteiger partial charge in [0.2, 0.25) is 10.0 Å². The van der Waals surface area contributed by atoms with Crippen molar-refractivity contribution in [2.24, 2.45) is 0 Å². The fraction of sp³-hybridized carbons (Fsp3) is 0.400. The summed E-state index contributed by atoms with van der Waals surface area (Å²) in [6, 6.07) is 6.63. The molecule has 0 atom stereocenters. The molecule has 0 bridgehead atoms. The Balaban J connectivity index is 3.03. The minimum atomic E-state index is -3.34. The summed E-state index contributed by atoms with van der Waals surface area (Å²) in [7, 11) is 1.82. The smallest absolute Gasteiger partial charge is 0.234 e. The first-order valence-corrected chi connectivity index (χ1v) is 8.34. The number of carbonyl (C=O) groups is 1. The van der Waals surface area contributed by atoms with E-state index in [1.165, 1.54) is 17.4 Å². The van der Waals surface area contributed by atoms with Gasteiger partial charge in [-0.05, 0) is 18.6 Å². The molecule has 1 rings (SSSR count). The van der Waals surface area contributed by atoms with Crippen LogP contribution < -0.4 is 4.31 Å². The maximum atomic E-state index is 12.0. The van der Waals surface area contributed by atoms with Crippen LogP contribution in [-0.4, -0.2) is 46.0 Å². The van der Waals surface area contributed by atoms with E-state index in [1.807, 2.05) is 21.0 Å². The van der Waals surface area contributed by atoms with E-state index in [0.29, 0.717) is 17.7 Å². The topological polar surface area (TPSA) is 57.7 Å². The Morgan fingerprint density at radius 1 is 1.24 bits per heavy atom. The summed E-state index contributed by atoms with van der Waals surface area (Å²) in [5.74, 6) is -0.0748. The molecule has 1 aromatic carbocycles. The van der Waals surface area contributed by atoms with Gasteiger partial charge >= 0.3 is 0 Å². The van der Waals surface area contributed by atoms with Crippen molar-refractivity contribution in [3.05, 3.63) is 42.1 Å². The van der Waals surface area contributed by atoms with Gasteiger partial charge in [-0.2, -0.15) is 0 Å². The van der Waals surface area contributed by atoms with Gasteiger partial charge in [-0.1, -0.05) is 19.1 Å². The van der Waals surface area contributed by atoms with Gasteiger partial charge in [-0.25, -0.2) is 8.42 Å². The summed E-state index contributed by atoms with van der Waals surface area (Å²) in [5.41, 5.74) is 0.955. The summed E-state index contributed by atoms with van der Waals surface area (Å²) in [5, 5.41) is 0. The zero-order valence-electron chi connectivity index (χ0n) is 12.9. The second-order valence-corrected chi connectivity index (χ2v) is 7.10. The number of sulfonamides is 1. The predicted molar refractivity (Wildman–Crippen MR) is 86.1 cm³/mol. The largest absolute Gasteiger partial charge is 0.383 e. The molecule has 0 unspecified atom stereocenters. The number of ketones is 1. The van der Waals surface area contributed by atoms with E-state index in [1.54, 1.807) is 35.4 Å². The van der Waals surface area contributed by atoms with Crippen molar-refractivity contribution in [1.29, 1.82) is 0 Å². The van der Waals surface area contributed by atoms with Crippen molar-refractivity contribution < 1.29 is 13.2 Å². The zero-order valence-corrected chi connectivity index (χ0v) is 13.7. The van der Waals surface area contributed by atoms with Crippen LogP contribution in [0.3, 0.4) is 0 Å². The third-order valence-corrected chi connectivity index (χ3v) is 4.87. The lowest BCUT2D eigenvalue weighted by molar-refractivity contribution is 0.104. The van der Waals surface area contributed by atoms with Crippen LogP contribution in [-0.2, 0) is 10.0 Å². The Morgan fingerprint density at radius 3 is 2.48 bits per heavy atom. The molecule has 0 N–H and O–H groups in total. The highest BCUT2D eigenvalue weighted by atomic mass is 32.2. The molecule has 6 heteroatoms. The maximum absolute atomic E-state index is 12.0. The van der Waals surface area contributed by atoms with Crippen molar-refractivity contribution in [2.45, 2.75) is 13.3 Å². The molecule has 116 valence electrons. The van der Waals surface area contributed by atoms with E-state index in [2.05, 4.69) is 0 Å². The lowest BCUT2D eigenvalue weighted by Crippen LogP contribution is -2.28. The van der Waals surface area contributed by atoms with Crippen molar-refractivity contribution in [3.8, 4) is 0 Å². The van der Waals surface area contributed by atoms with Crippen LogP contribution in [0.2, 0.25) is 0 Å². The minimum absolute atomic E-state index is 0.0855. The van der Waals surface area contributed by atoms with Crippen LogP contribution in [0.4, 0.5) is 5.69 Å². The average molecular weight is 310 g/mol. The summed E-state index contributed by atoms with van der Waals surface area (Å²) in [6.07, 6.45) is 3.67. The van der Waals surface area contributed by atoms with Crippen LogP contribution >= 0.6 is 0 Å². The number of rotatable bonds is 7. The second-order valence-electron chi connectivity index (χ2n) is 4.98. The fourth-order valence-corrected chi connectivity index (χ4v) is 2.95. The van der Waals surface area contributed by atoms with Crippen molar-refractivity contribution >= 4 is 21.5 Å². The Kier molecular flexibility index (Phi) is 5.96. The van der Waals surface area contributed by atoms with E-state index in [0.717, 1.165) is 0 Å². The summed E-state index contributed by atoms with van der Waals surface area (Å²) in [6.45, 7) is 1.82. The lowest BCUT2D eigenvalue weighted by Gasteiger charge is -2.19. The van der Waals surface area contributed by atoms with Crippen LogP contribution in [0.1, 0.15) is 23.7 Å². The van der Waals surface area contributed by atoms with E-state index in [4.69, 9.17) is 0 Å². The van der Waals surface area contributed by atoms with Crippen molar-refractivity contribution in [2.75, 3.05) is 31.2 Å². The highest BCUT2D eigenvalue weighted by Gasteiger charge is 2.17. The normalized spacial score (nSPS) is 11.6. The quantitative estimate of drug-likeness (QED) is 0.572. The van der Waals surface area contributed by atoms with E-state index >= 15 is 0 Å². The third kappa shape index (κ3) is 4.90. The number of carbonyl (C=O) groups excluding carboxylic acids is 1. The Bertz CT molecular complexity index is 622. The van der Waals surface area contributed by atoms with E-state index in [-0.39, 0.29) is 11.5 Å². The van der Waals surface area contributed by atoms with Crippen molar-refractivity contribution in [1.82, 2.24) is 4.90 Å². The lowest BCUT2D eigenvalue weighted by atomic mass is 10.1. The monoisotopic (exact) mass is 310 g/mol. The zero-order chi connectivity index (χ0) is 16.0. The average Bonchev–Trinajstić information content (AvgIpc) is 2.44. The van der Waals surface area contributed by atoms with E-state index < -0.39 is 10.0 Å². The molecule has 5 nitrogen and oxygen atoms in total. The molecule has 0 aliphatic heterocycles. The number of allylic oxidation sites excluding steroid dienone is 1. The molecule has 0 saturated carbocycles. The minimum Gasteiger partial charge on any atom is -0.383 e. The second kappa shape index (κ2) is 7.26. The summed E-state index contributed by atoms with van der Waals surface area (Å²) < 4.78 is 25.3. The summed E-state index contributed by atoms with van der Waals surface area (Å²) >= 11 is 0. The highest BCUT2D eigenvalue weighted by Crippen LogP contribution is 2.19. The first-order valence-electron chi connectivity index (χ1n) is 6.73. The van der Waals surface area contributed by atoms with Crippen LogP contribution in [0.25, 0.3) is 0 Å². The Morgan fingerprint density at radius 2 is 1.90 bits per heavy atom. The standard InChI is InChI=1S/C15H22N2O3S/c1-5-11-21(19,20)17(4)14-8-6-7-13(12-14)15(18)9-10-16(2)3/h6-10,12H,5,11H2,1-4H3. The number of nitrogens with zero attached hydrogens (tertiary/aromatic N) is 2. The molecule has 0 saturated heterocycles. The summed E-state index contributed by atoms with van der Waals surface area (Å²) in [4.78, 5) is 13.8. The molecular formula is C15H22N2O3S. The van der Waals surface area contributed by atoms with Gasteiger partial charge in [-0.15, -0.1) is 0 Å². The number of anilines is 1. The third-order valence-electron chi connectivity index (χ3n) is 2.90. The van der Waals surface area contributed by atoms with Gasteiger partial charge in [0.05, 0.1) is 11.4 Å². The van der Waals surface area contributed by atoms with Gasteiger partial charge in [0.1, 0.15) is 0 Å². The molecule has 0 fully saturated rings. The van der Waals surface area contributed by atoms with Gasteiger partial charge < -0.3 is 4.90 Å². The molecule has 1 aromatic rings. The number of benzene rings is 1. The molecule has 0 heterocycles. The van der Waals surface area contributed by atoms with Gasteiger partial charge in [0, 0.05) is 39.0 Å². The van der Waals surface area contributed by atoms with Crippen molar-refractivity contribution in [3.63, 3.8) is 0 Å². The Hall–Kier alpha value is -1.82. The Labute approximate surface area is 126 Å².